The number of piperidine rings is 1. The minimum Gasteiger partial charge on any atom is -0.334 e. The minimum absolute atomic E-state index is 0.0118. The molecule has 1 aliphatic heterocycles. The van der Waals surface area contributed by atoms with Crippen molar-refractivity contribution in [3.05, 3.63) is 48.5 Å². The first-order chi connectivity index (χ1) is 11.1. The lowest BCUT2D eigenvalue weighted by molar-refractivity contribution is 0.101. The van der Waals surface area contributed by atoms with E-state index in [9.17, 15) is 9.59 Å². The van der Waals surface area contributed by atoms with E-state index in [-0.39, 0.29) is 11.8 Å². The zero-order valence-corrected chi connectivity index (χ0v) is 13.1. The van der Waals surface area contributed by atoms with E-state index < -0.39 is 0 Å². The van der Waals surface area contributed by atoms with Gasteiger partial charge < -0.3 is 14.8 Å². The third kappa shape index (κ3) is 3.59. The summed E-state index contributed by atoms with van der Waals surface area (Å²) in [6.45, 7) is 2.93. The molecule has 3 rings (SSSR count). The number of imidazole rings is 1. The Kier molecular flexibility index (Phi) is 4.41. The molecule has 6 nitrogen and oxygen atoms in total. The largest absolute Gasteiger partial charge is 0.334 e. The lowest BCUT2D eigenvalue weighted by Crippen LogP contribution is -2.41. The summed E-state index contributed by atoms with van der Waals surface area (Å²) in [6, 6.07) is 7.31. The maximum Gasteiger partial charge on any atom is 0.321 e. The van der Waals surface area contributed by atoms with Crippen LogP contribution in [0.1, 0.15) is 36.2 Å². The summed E-state index contributed by atoms with van der Waals surface area (Å²) in [5.74, 6) is -0.0118. The lowest BCUT2D eigenvalue weighted by Gasteiger charge is -2.32. The van der Waals surface area contributed by atoms with Gasteiger partial charge in [0.05, 0.1) is 6.33 Å². The van der Waals surface area contributed by atoms with Crippen LogP contribution in [0, 0.1) is 0 Å². The number of nitrogens with zero attached hydrogens (tertiary/aromatic N) is 3. The van der Waals surface area contributed by atoms with Crippen LogP contribution in [-0.2, 0) is 0 Å². The molecule has 120 valence electrons. The van der Waals surface area contributed by atoms with Gasteiger partial charge in [-0.2, -0.15) is 0 Å². The summed E-state index contributed by atoms with van der Waals surface area (Å²) in [6.07, 6.45) is 7.40. The third-order valence-corrected chi connectivity index (χ3v) is 4.22. The van der Waals surface area contributed by atoms with Gasteiger partial charge >= 0.3 is 6.03 Å². The SMILES string of the molecule is CC(=O)c1cccc(NC(=O)N2CCC(n3ccnc3)CC2)c1. The minimum atomic E-state index is -0.116. The Hall–Kier alpha value is -2.63. The molecule has 2 heterocycles. The molecular formula is C17H20N4O2. The van der Waals surface area contributed by atoms with Crippen LogP contribution < -0.4 is 5.32 Å². The monoisotopic (exact) mass is 312 g/mol. The first-order valence-corrected chi connectivity index (χ1v) is 7.78. The van der Waals surface area contributed by atoms with Gasteiger partial charge in [0.2, 0.25) is 0 Å². The van der Waals surface area contributed by atoms with E-state index in [1.54, 1.807) is 30.5 Å². The summed E-state index contributed by atoms with van der Waals surface area (Å²) in [5.41, 5.74) is 1.25. The highest BCUT2D eigenvalue weighted by Crippen LogP contribution is 2.22. The summed E-state index contributed by atoms with van der Waals surface area (Å²) >= 11 is 0. The molecule has 1 saturated heterocycles. The second kappa shape index (κ2) is 6.64. The number of nitrogens with one attached hydrogen (secondary N) is 1. The summed E-state index contributed by atoms with van der Waals surface area (Å²) in [4.78, 5) is 29.6. The summed E-state index contributed by atoms with van der Waals surface area (Å²) in [7, 11) is 0. The van der Waals surface area contributed by atoms with Crippen LogP contribution in [0.5, 0.6) is 0 Å². The highest BCUT2D eigenvalue weighted by Gasteiger charge is 2.23. The predicted octanol–water partition coefficient (Wildman–Crippen LogP) is 2.95. The standard InChI is InChI=1S/C17H20N4O2/c1-13(22)14-3-2-4-15(11-14)19-17(23)20-8-5-16(6-9-20)21-10-7-18-12-21/h2-4,7,10-12,16H,5-6,8-9H2,1H3,(H,19,23). The van der Waals surface area contributed by atoms with Crippen LogP contribution in [0.15, 0.2) is 43.0 Å². The molecule has 1 aromatic carbocycles. The molecule has 0 radical (unpaired) electrons. The van der Waals surface area contributed by atoms with Crippen molar-refractivity contribution in [3.63, 3.8) is 0 Å². The topological polar surface area (TPSA) is 67.2 Å². The molecular weight excluding hydrogens is 292 g/mol. The number of hydrogen-bond donors (Lipinski definition) is 1. The number of amides is 2. The fraction of sp³-hybridized carbons (Fsp3) is 0.353. The molecule has 0 bridgehead atoms. The number of Topliss-reactive ketones (excluding diaryl/α,β-unsaturated/α-hetero) is 1. The molecule has 2 aromatic rings. The Morgan fingerprint density at radius 1 is 1.26 bits per heavy atom. The van der Waals surface area contributed by atoms with Gasteiger partial charge in [0.1, 0.15) is 0 Å². The quantitative estimate of drug-likeness (QED) is 0.886. The molecule has 1 aliphatic rings. The molecule has 0 unspecified atom stereocenters. The van der Waals surface area contributed by atoms with Crippen LogP contribution >= 0.6 is 0 Å². The maximum absolute atomic E-state index is 12.4. The fourth-order valence-corrected chi connectivity index (χ4v) is 2.87. The average molecular weight is 312 g/mol. The average Bonchev–Trinajstić information content (AvgIpc) is 3.09. The molecule has 0 saturated carbocycles. The fourth-order valence-electron chi connectivity index (χ4n) is 2.87. The van der Waals surface area contributed by atoms with E-state index in [4.69, 9.17) is 0 Å². The van der Waals surface area contributed by atoms with Crippen LogP contribution in [0.25, 0.3) is 0 Å². The van der Waals surface area contributed by atoms with Gasteiger partial charge in [-0.05, 0) is 31.9 Å². The van der Waals surface area contributed by atoms with Gasteiger partial charge in [-0.25, -0.2) is 9.78 Å². The van der Waals surface area contributed by atoms with Crippen molar-refractivity contribution in [1.82, 2.24) is 14.5 Å². The van der Waals surface area contributed by atoms with Crippen molar-refractivity contribution in [2.45, 2.75) is 25.8 Å². The number of benzene rings is 1. The molecule has 6 heteroatoms. The molecule has 23 heavy (non-hydrogen) atoms. The maximum atomic E-state index is 12.4. The molecule has 0 spiro atoms. The predicted molar refractivity (Wildman–Crippen MR) is 87.5 cm³/mol. The highest BCUT2D eigenvalue weighted by molar-refractivity contribution is 5.96. The zero-order chi connectivity index (χ0) is 16.2. The first kappa shape index (κ1) is 15.3. The van der Waals surface area contributed by atoms with Gasteiger partial charge in [0.25, 0.3) is 0 Å². The van der Waals surface area contributed by atoms with Crippen molar-refractivity contribution < 1.29 is 9.59 Å². The van der Waals surface area contributed by atoms with E-state index in [0.717, 1.165) is 12.8 Å². The molecule has 2 amide bonds. The van der Waals surface area contributed by atoms with Crippen molar-refractivity contribution in [3.8, 4) is 0 Å². The lowest BCUT2D eigenvalue weighted by atomic mass is 10.1. The molecule has 1 N–H and O–H groups in total. The van der Waals surface area contributed by atoms with Gasteiger partial charge in [-0.15, -0.1) is 0 Å². The number of hydrogen-bond acceptors (Lipinski definition) is 3. The number of carbonyl (C=O) groups excluding carboxylic acids is 2. The van der Waals surface area contributed by atoms with Crippen molar-refractivity contribution in [2.75, 3.05) is 18.4 Å². The van der Waals surface area contributed by atoms with Crippen LogP contribution in [0.4, 0.5) is 10.5 Å². The van der Waals surface area contributed by atoms with Crippen LogP contribution in [0.2, 0.25) is 0 Å². The van der Waals surface area contributed by atoms with Crippen molar-refractivity contribution >= 4 is 17.5 Å². The summed E-state index contributed by atoms with van der Waals surface area (Å²) in [5, 5.41) is 2.87. The van der Waals surface area contributed by atoms with Gasteiger partial charge in [0.15, 0.2) is 5.78 Å². The normalized spacial score (nSPS) is 15.4. The second-order valence-electron chi connectivity index (χ2n) is 5.80. The third-order valence-electron chi connectivity index (χ3n) is 4.22. The van der Waals surface area contributed by atoms with E-state index in [1.165, 1.54) is 6.92 Å². The second-order valence-corrected chi connectivity index (χ2v) is 5.80. The first-order valence-electron chi connectivity index (χ1n) is 7.78. The Labute approximate surface area is 135 Å². The number of aromatic nitrogens is 2. The number of ketones is 1. The Morgan fingerprint density at radius 2 is 2.04 bits per heavy atom. The number of carbonyl (C=O) groups is 2. The Balaban J connectivity index is 1.57. The number of urea groups is 1. The Bertz CT molecular complexity index is 688. The van der Waals surface area contributed by atoms with Gasteiger partial charge in [0, 0.05) is 42.8 Å². The van der Waals surface area contributed by atoms with Crippen molar-refractivity contribution in [1.29, 1.82) is 0 Å². The van der Waals surface area contributed by atoms with Crippen molar-refractivity contribution in [2.24, 2.45) is 0 Å². The van der Waals surface area contributed by atoms with Crippen LogP contribution in [0.3, 0.4) is 0 Å². The van der Waals surface area contributed by atoms with Gasteiger partial charge in [-0.1, -0.05) is 12.1 Å². The van der Waals surface area contributed by atoms with E-state index in [1.807, 2.05) is 17.4 Å². The number of likely N-dealkylation sites (tertiary alicyclic amines) is 1. The smallest absolute Gasteiger partial charge is 0.321 e. The molecule has 1 fully saturated rings. The van der Waals surface area contributed by atoms with E-state index in [0.29, 0.717) is 30.4 Å². The van der Waals surface area contributed by atoms with Gasteiger partial charge in [-0.3, -0.25) is 4.79 Å². The Morgan fingerprint density at radius 3 is 2.70 bits per heavy atom. The van der Waals surface area contributed by atoms with E-state index >= 15 is 0 Å². The highest BCUT2D eigenvalue weighted by atomic mass is 16.2. The molecule has 0 aliphatic carbocycles. The molecule has 0 atom stereocenters. The van der Waals surface area contributed by atoms with Crippen LogP contribution in [-0.4, -0.2) is 39.4 Å². The number of anilines is 1. The molecule has 1 aromatic heterocycles. The van der Waals surface area contributed by atoms with E-state index in [2.05, 4.69) is 14.9 Å². The zero-order valence-electron chi connectivity index (χ0n) is 13.1. The number of rotatable bonds is 3. The summed E-state index contributed by atoms with van der Waals surface area (Å²) < 4.78 is 2.10.